The minimum Gasteiger partial charge on any atom is -0.487 e. The number of benzene rings is 1. The zero-order valence-electron chi connectivity index (χ0n) is 12.5. The normalized spacial score (nSPS) is 14.3. The van der Waals surface area contributed by atoms with E-state index < -0.39 is 0 Å². The molecule has 110 valence electrons. The fourth-order valence-electron chi connectivity index (χ4n) is 2.84. The molecule has 2 aromatic rings. The van der Waals surface area contributed by atoms with E-state index in [-0.39, 0.29) is 5.78 Å². The summed E-state index contributed by atoms with van der Waals surface area (Å²) in [4.78, 5) is 16.1. The summed E-state index contributed by atoms with van der Waals surface area (Å²) < 4.78 is 8.07. The molecule has 0 spiro atoms. The summed E-state index contributed by atoms with van der Waals surface area (Å²) in [6, 6.07) is 6.12. The number of carbonyl (C=O) groups excluding carboxylic acids is 1. The molecule has 0 amide bonds. The van der Waals surface area contributed by atoms with Crippen molar-refractivity contribution < 1.29 is 9.53 Å². The molecule has 0 radical (unpaired) electrons. The fourth-order valence-corrected chi connectivity index (χ4v) is 2.84. The van der Waals surface area contributed by atoms with E-state index in [1.54, 1.807) is 0 Å². The average molecular weight is 284 g/mol. The smallest absolute Gasteiger partial charge is 0.163 e. The highest BCUT2D eigenvalue weighted by Crippen LogP contribution is 2.30. The van der Waals surface area contributed by atoms with Gasteiger partial charge in [-0.25, -0.2) is 4.98 Å². The van der Waals surface area contributed by atoms with Gasteiger partial charge in [-0.1, -0.05) is 12.1 Å². The number of Topliss-reactive ketones (excluding diaryl/α,β-unsaturated/α-hetero) is 1. The summed E-state index contributed by atoms with van der Waals surface area (Å²) in [7, 11) is 0. The van der Waals surface area contributed by atoms with Crippen LogP contribution < -0.4 is 4.74 Å². The number of rotatable bonds is 4. The lowest BCUT2D eigenvalue weighted by Gasteiger charge is -2.19. The molecule has 1 heterocycles. The van der Waals surface area contributed by atoms with Crippen LogP contribution in [-0.4, -0.2) is 15.3 Å². The van der Waals surface area contributed by atoms with Crippen LogP contribution in [0.2, 0.25) is 0 Å². The minimum atomic E-state index is 0.230. The number of hydrogen-bond acceptors (Lipinski definition) is 3. The molecule has 0 N–H and O–H groups in total. The lowest BCUT2D eigenvalue weighted by molar-refractivity contribution is 0.0971. The van der Waals surface area contributed by atoms with E-state index in [0.29, 0.717) is 19.1 Å². The van der Waals surface area contributed by atoms with Gasteiger partial charge in [0.25, 0.3) is 0 Å². The van der Waals surface area contributed by atoms with Crippen LogP contribution in [0.5, 0.6) is 5.75 Å². The molecule has 1 aliphatic rings. The van der Waals surface area contributed by atoms with Gasteiger partial charge in [-0.15, -0.1) is 0 Å². The summed E-state index contributed by atoms with van der Waals surface area (Å²) in [6.45, 7) is 4.71. The molecule has 0 aliphatic heterocycles. The van der Waals surface area contributed by atoms with Gasteiger partial charge in [-0.3, -0.25) is 4.79 Å². The molecule has 1 aromatic carbocycles. The van der Waals surface area contributed by atoms with Crippen molar-refractivity contribution in [1.82, 2.24) is 9.55 Å². The van der Waals surface area contributed by atoms with Gasteiger partial charge in [0.1, 0.15) is 12.4 Å². The third-order valence-electron chi connectivity index (χ3n) is 3.94. The van der Waals surface area contributed by atoms with Gasteiger partial charge in [-0.2, -0.15) is 0 Å². The zero-order valence-corrected chi connectivity index (χ0v) is 12.5. The van der Waals surface area contributed by atoms with E-state index in [0.717, 1.165) is 35.4 Å². The van der Waals surface area contributed by atoms with Crippen molar-refractivity contribution >= 4 is 5.78 Å². The van der Waals surface area contributed by atoms with Gasteiger partial charge < -0.3 is 9.30 Å². The summed E-state index contributed by atoms with van der Waals surface area (Å²) in [5.74, 6) is 1.06. The first-order valence-corrected chi connectivity index (χ1v) is 7.45. The van der Waals surface area contributed by atoms with Gasteiger partial charge >= 0.3 is 0 Å². The van der Waals surface area contributed by atoms with E-state index in [9.17, 15) is 4.79 Å². The molecule has 4 nitrogen and oxygen atoms in total. The molecule has 0 unspecified atom stereocenters. The molecule has 0 bridgehead atoms. The van der Waals surface area contributed by atoms with Crippen molar-refractivity contribution in [3.05, 3.63) is 47.5 Å². The van der Waals surface area contributed by atoms with E-state index in [4.69, 9.17) is 4.74 Å². The number of nitrogens with zero attached hydrogens (tertiary/aromatic N) is 2. The standard InChI is InChI=1S/C17H20N2O2/c1-12(2)19-11-18-9-13(19)10-21-17-8-4-5-14-15(17)6-3-7-16(14)20/h4-5,8-9,11-12H,3,6-7,10H2,1-2H3. The predicted molar refractivity (Wildman–Crippen MR) is 80.7 cm³/mol. The third kappa shape index (κ3) is 2.71. The molecule has 4 heteroatoms. The zero-order chi connectivity index (χ0) is 14.8. The number of ether oxygens (including phenoxy) is 1. The molecule has 1 aromatic heterocycles. The number of aromatic nitrogens is 2. The Bertz CT molecular complexity index is 659. The predicted octanol–water partition coefficient (Wildman–Crippen LogP) is 3.56. The second kappa shape index (κ2) is 5.72. The lowest BCUT2D eigenvalue weighted by atomic mass is 9.90. The van der Waals surface area contributed by atoms with Crippen LogP contribution >= 0.6 is 0 Å². The monoisotopic (exact) mass is 284 g/mol. The van der Waals surface area contributed by atoms with Crippen LogP contribution in [0, 0.1) is 0 Å². The molecule has 3 rings (SSSR count). The number of ketones is 1. The van der Waals surface area contributed by atoms with Gasteiger partial charge in [0.15, 0.2) is 5.78 Å². The number of hydrogen-bond donors (Lipinski definition) is 0. The summed E-state index contributed by atoms with van der Waals surface area (Å²) in [6.07, 6.45) is 6.14. The molecule has 0 atom stereocenters. The Labute approximate surface area is 124 Å². The first-order chi connectivity index (χ1) is 10.2. The van der Waals surface area contributed by atoms with Gasteiger partial charge in [0.2, 0.25) is 0 Å². The highest BCUT2D eigenvalue weighted by atomic mass is 16.5. The van der Waals surface area contributed by atoms with Crippen molar-refractivity contribution in [1.29, 1.82) is 0 Å². The molecular formula is C17H20N2O2. The maximum Gasteiger partial charge on any atom is 0.163 e. The molecule has 21 heavy (non-hydrogen) atoms. The fraction of sp³-hybridized carbons (Fsp3) is 0.412. The van der Waals surface area contributed by atoms with E-state index >= 15 is 0 Å². The third-order valence-corrected chi connectivity index (χ3v) is 3.94. The van der Waals surface area contributed by atoms with Crippen LogP contribution in [0.15, 0.2) is 30.7 Å². The van der Waals surface area contributed by atoms with Crippen molar-refractivity contribution in [3.63, 3.8) is 0 Å². The number of imidazole rings is 1. The number of fused-ring (bicyclic) bond motifs is 1. The quantitative estimate of drug-likeness (QED) is 0.862. The Morgan fingerprint density at radius 3 is 3.00 bits per heavy atom. The maximum atomic E-state index is 11.9. The minimum absolute atomic E-state index is 0.230. The van der Waals surface area contributed by atoms with Crippen molar-refractivity contribution in [3.8, 4) is 5.75 Å². The Hall–Kier alpha value is -2.10. The molecule has 0 saturated carbocycles. The van der Waals surface area contributed by atoms with Crippen molar-refractivity contribution in [2.75, 3.05) is 0 Å². The molecular weight excluding hydrogens is 264 g/mol. The van der Waals surface area contributed by atoms with Gasteiger partial charge in [0.05, 0.1) is 18.2 Å². The van der Waals surface area contributed by atoms with Gasteiger partial charge in [0, 0.05) is 23.6 Å². The van der Waals surface area contributed by atoms with Crippen LogP contribution in [0.25, 0.3) is 0 Å². The number of carbonyl (C=O) groups is 1. The van der Waals surface area contributed by atoms with Crippen LogP contribution in [0.1, 0.15) is 54.3 Å². The maximum absolute atomic E-state index is 11.9. The van der Waals surface area contributed by atoms with Crippen LogP contribution in [0.4, 0.5) is 0 Å². The Morgan fingerprint density at radius 2 is 2.19 bits per heavy atom. The van der Waals surface area contributed by atoms with E-state index in [1.807, 2.05) is 30.7 Å². The Morgan fingerprint density at radius 1 is 1.33 bits per heavy atom. The SMILES string of the molecule is CC(C)n1cncc1COc1cccc2c1CCCC2=O. The second-order valence-corrected chi connectivity index (χ2v) is 5.73. The first kappa shape index (κ1) is 13.9. The van der Waals surface area contributed by atoms with Gasteiger partial charge in [-0.05, 0) is 32.8 Å². The van der Waals surface area contributed by atoms with Crippen LogP contribution in [-0.2, 0) is 13.0 Å². The van der Waals surface area contributed by atoms with E-state index in [1.165, 1.54) is 0 Å². The summed E-state index contributed by atoms with van der Waals surface area (Å²) in [5, 5.41) is 0. The lowest BCUT2D eigenvalue weighted by Crippen LogP contribution is -2.13. The molecule has 0 fully saturated rings. The topological polar surface area (TPSA) is 44.1 Å². The second-order valence-electron chi connectivity index (χ2n) is 5.73. The largest absolute Gasteiger partial charge is 0.487 e. The Balaban J connectivity index is 1.81. The van der Waals surface area contributed by atoms with Crippen molar-refractivity contribution in [2.45, 2.75) is 45.8 Å². The molecule has 0 saturated heterocycles. The average Bonchev–Trinajstić information content (AvgIpc) is 2.94. The Kier molecular flexibility index (Phi) is 3.78. The van der Waals surface area contributed by atoms with E-state index in [2.05, 4.69) is 23.4 Å². The van der Waals surface area contributed by atoms with Crippen LogP contribution in [0.3, 0.4) is 0 Å². The van der Waals surface area contributed by atoms with Crippen molar-refractivity contribution in [2.24, 2.45) is 0 Å². The highest BCUT2D eigenvalue weighted by molar-refractivity contribution is 5.99. The summed E-state index contributed by atoms with van der Waals surface area (Å²) in [5.41, 5.74) is 2.94. The molecule has 1 aliphatic carbocycles. The first-order valence-electron chi connectivity index (χ1n) is 7.45. The summed E-state index contributed by atoms with van der Waals surface area (Å²) >= 11 is 0. The highest BCUT2D eigenvalue weighted by Gasteiger charge is 2.20.